The lowest BCUT2D eigenvalue weighted by Crippen LogP contribution is -2.44. The van der Waals surface area contributed by atoms with Crippen LogP contribution in [-0.4, -0.2) is 31.1 Å². The number of thiazole rings is 1. The minimum atomic E-state index is -1.19. The van der Waals surface area contributed by atoms with Gasteiger partial charge in [0.15, 0.2) is 0 Å². The van der Waals surface area contributed by atoms with Crippen LogP contribution in [0.3, 0.4) is 0 Å². The molecule has 0 bridgehead atoms. The van der Waals surface area contributed by atoms with Crippen LogP contribution in [0.4, 0.5) is 16.0 Å². The number of hydrogen-bond donors (Lipinski definition) is 3. The predicted octanol–water partition coefficient (Wildman–Crippen LogP) is 5.78. The minimum absolute atomic E-state index is 0.311. The van der Waals surface area contributed by atoms with E-state index in [1.807, 2.05) is 39.0 Å². The maximum absolute atomic E-state index is 13.6. The third kappa shape index (κ3) is 4.95. The van der Waals surface area contributed by atoms with Crippen LogP contribution in [0.25, 0.3) is 10.4 Å². The van der Waals surface area contributed by atoms with E-state index < -0.39 is 29.1 Å². The molecular weight excluding hydrogens is 455 g/mol. The summed E-state index contributed by atoms with van der Waals surface area (Å²) in [6.45, 7) is 7.19. The SMILES string of the molecule is Cc1cc(Nc2nccc([C@@H](C)F)n2)cc(-c2cnc(C3(O)CCC(C(=O)O)C(C)(C)C3)s2)c1. The summed E-state index contributed by atoms with van der Waals surface area (Å²) in [6, 6.07) is 7.46. The van der Waals surface area contributed by atoms with Crippen LogP contribution in [-0.2, 0) is 10.4 Å². The molecule has 0 spiro atoms. The number of aliphatic carboxylic acids is 1. The summed E-state index contributed by atoms with van der Waals surface area (Å²) in [4.78, 5) is 25.5. The number of anilines is 2. The van der Waals surface area contributed by atoms with Crippen LogP contribution in [0.1, 0.15) is 62.5 Å². The lowest BCUT2D eigenvalue weighted by molar-refractivity contribution is -0.154. The Hall–Kier alpha value is -2.91. The minimum Gasteiger partial charge on any atom is -0.481 e. The van der Waals surface area contributed by atoms with Gasteiger partial charge in [-0.05, 0) is 67.9 Å². The summed E-state index contributed by atoms with van der Waals surface area (Å²) >= 11 is 1.41. The van der Waals surface area contributed by atoms with Gasteiger partial charge < -0.3 is 15.5 Å². The van der Waals surface area contributed by atoms with Gasteiger partial charge in [-0.1, -0.05) is 19.9 Å². The van der Waals surface area contributed by atoms with Gasteiger partial charge in [0.25, 0.3) is 0 Å². The van der Waals surface area contributed by atoms with Crippen molar-refractivity contribution in [2.75, 3.05) is 5.32 Å². The smallest absolute Gasteiger partial charge is 0.307 e. The molecule has 0 saturated heterocycles. The third-order valence-corrected chi connectivity index (χ3v) is 7.68. The summed E-state index contributed by atoms with van der Waals surface area (Å²) in [5, 5.41) is 24.7. The fourth-order valence-electron chi connectivity index (χ4n) is 4.78. The highest BCUT2D eigenvalue weighted by atomic mass is 32.1. The van der Waals surface area contributed by atoms with Crippen LogP contribution in [0, 0.1) is 18.3 Å². The Bertz CT molecular complexity index is 1210. The second kappa shape index (κ2) is 9.03. The molecule has 1 fully saturated rings. The van der Waals surface area contributed by atoms with Gasteiger partial charge in [-0.2, -0.15) is 0 Å². The molecule has 3 atom stereocenters. The van der Waals surface area contributed by atoms with Crippen molar-refractivity contribution in [1.82, 2.24) is 15.0 Å². The van der Waals surface area contributed by atoms with E-state index in [2.05, 4.69) is 20.3 Å². The van der Waals surface area contributed by atoms with Gasteiger partial charge >= 0.3 is 5.97 Å². The van der Waals surface area contributed by atoms with Gasteiger partial charge in [-0.15, -0.1) is 11.3 Å². The Morgan fingerprint density at radius 3 is 2.74 bits per heavy atom. The number of carboxylic acid groups (broad SMARTS) is 1. The van der Waals surface area contributed by atoms with Crippen LogP contribution in [0.5, 0.6) is 0 Å². The molecular formula is C25H29FN4O3S. The number of alkyl halides is 1. The van der Waals surface area contributed by atoms with Crippen LogP contribution in [0.15, 0.2) is 36.7 Å². The summed E-state index contributed by atoms with van der Waals surface area (Å²) in [6.07, 6.45) is 3.19. The topological polar surface area (TPSA) is 108 Å². The zero-order valence-electron chi connectivity index (χ0n) is 19.7. The van der Waals surface area contributed by atoms with Crippen LogP contribution < -0.4 is 5.32 Å². The first-order valence-electron chi connectivity index (χ1n) is 11.2. The van der Waals surface area contributed by atoms with Crippen molar-refractivity contribution in [2.24, 2.45) is 11.3 Å². The quantitative estimate of drug-likeness (QED) is 0.407. The maximum atomic E-state index is 13.6. The lowest BCUT2D eigenvalue weighted by Gasteiger charge is -2.44. The molecule has 2 heterocycles. The van der Waals surface area contributed by atoms with Gasteiger partial charge in [-0.25, -0.2) is 19.3 Å². The Morgan fingerprint density at radius 1 is 1.29 bits per heavy atom. The molecule has 3 aromatic rings. The Labute approximate surface area is 202 Å². The summed E-state index contributed by atoms with van der Waals surface area (Å²) in [5.41, 5.74) is 1.30. The standard InChI is InChI=1S/C25H29FN4O3S/c1-14-9-16(11-17(10-14)29-23-27-8-6-19(30-23)15(2)26)20-12-28-22(34-20)25(33)7-5-18(21(31)32)24(3,4)13-25/h6,8-12,15,18,33H,5,7,13H2,1-4H3,(H,31,32)(H,27,29,30)/t15-,18?,25?/m1/s1. The Morgan fingerprint density at radius 2 is 2.06 bits per heavy atom. The number of halogens is 1. The van der Waals surface area contributed by atoms with Gasteiger partial charge in [-0.3, -0.25) is 4.79 Å². The number of aromatic nitrogens is 3. The molecule has 1 saturated carbocycles. The molecule has 34 heavy (non-hydrogen) atoms. The molecule has 2 aromatic heterocycles. The Kier molecular flexibility index (Phi) is 6.44. The highest BCUT2D eigenvalue weighted by Gasteiger charge is 2.49. The van der Waals surface area contributed by atoms with Crippen LogP contribution in [0.2, 0.25) is 0 Å². The normalized spacial score (nSPS) is 22.8. The van der Waals surface area contributed by atoms with E-state index in [1.54, 1.807) is 12.3 Å². The van der Waals surface area contributed by atoms with Gasteiger partial charge in [0.2, 0.25) is 5.95 Å². The fraction of sp³-hybridized carbons (Fsp3) is 0.440. The number of rotatable bonds is 6. The zero-order valence-corrected chi connectivity index (χ0v) is 20.5. The highest BCUT2D eigenvalue weighted by molar-refractivity contribution is 7.15. The summed E-state index contributed by atoms with van der Waals surface area (Å²) in [5.74, 6) is -0.990. The second-order valence-corrected chi connectivity index (χ2v) is 10.8. The average molecular weight is 485 g/mol. The number of carboxylic acids is 1. The molecule has 0 radical (unpaired) electrons. The van der Waals surface area contributed by atoms with Crippen molar-refractivity contribution < 1.29 is 19.4 Å². The van der Waals surface area contributed by atoms with Crippen molar-refractivity contribution in [1.29, 1.82) is 0 Å². The number of hydrogen-bond acceptors (Lipinski definition) is 7. The van der Waals surface area contributed by atoms with E-state index in [9.17, 15) is 19.4 Å². The molecule has 1 aliphatic rings. The second-order valence-electron chi connectivity index (χ2n) is 9.79. The zero-order chi connectivity index (χ0) is 24.7. The average Bonchev–Trinajstić information content (AvgIpc) is 3.24. The molecule has 0 aliphatic heterocycles. The molecule has 9 heteroatoms. The molecule has 0 amide bonds. The lowest BCUT2D eigenvalue weighted by atomic mass is 9.63. The van der Waals surface area contributed by atoms with Crippen molar-refractivity contribution in [3.63, 3.8) is 0 Å². The van der Waals surface area contributed by atoms with Gasteiger partial charge in [0, 0.05) is 18.1 Å². The van der Waals surface area contributed by atoms with Crippen molar-refractivity contribution >= 4 is 28.9 Å². The molecule has 2 unspecified atom stereocenters. The molecule has 180 valence electrons. The predicted molar refractivity (Wildman–Crippen MR) is 130 cm³/mol. The fourth-order valence-corrected chi connectivity index (χ4v) is 5.80. The number of aryl methyl sites for hydroxylation is 1. The number of benzene rings is 1. The Balaban J connectivity index is 1.59. The molecule has 7 nitrogen and oxygen atoms in total. The van der Waals surface area contributed by atoms with Crippen molar-refractivity contribution in [3.8, 4) is 10.4 Å². The monoisotopic (exact) mass is 484 g/mol. The first-order chi connectivity index (χ1) is 16.0. The number of carbonyl (C=O) groups is 1. The molecule has 1 aromatic carbocycles. The maximum Gasteiger partial charge on any atom is 0.307 e. The van der Waals surface area contributed by atoms with E-state index in [1.165, 1.54) is 24.5 Å². The van der Waals surface area contributed by atoms with E-state index in [0.717, 1.165) is 21.7 Å². The van der Waals surface area contributed by atoms with Gasteiger partial charge in [0.1, 0.15) is 16.8 Å². The van der Waals surface area contributed by atoms with E-state index in [0.29, 0.717) is 35.9 Å². The van der Waals surface area contributed by atoms with E-state index in [-0.39, 0.29) is 0 Å². The first-order valence-corrected chi connectivity index (χ1v) is 12.1. The molecule has 4 rings (SSSR count). The van der Waals surface area contributed by atoms with E-state index >= 15 is 0 Å². The summed E-state index contributed by atoms with van der Waals surface area (Å²) < 4.78 is 13.6. The number of nitrogens with one attached hydrogen (secondary N) is 1. The molecule has 3 N–H and O–H groups in total. The van der Waals surface area contributed by atoms with Gasteiger partial charge in [0.05, 0.1) is 16.5 Å². The van der Waals surface area contributed by atoms with Crippen LogP contribution >= 0.6 is 11.3 Å². The first kappa shape index (κ1) is 24.2. The van der Waals surface area contributed by atoms with Crippen molar-refractivity contribution in [3.05, 3.63) is 52.9 Å². The summed E-state index contributed by atoms with van der Waals surface area (Å²) in [7, 11) is 0. The number of aliphatic hydroxyl groups is 1. The highest BCUT2D eigenvalue weighted by Crippen LogP contribution is 2.50. The largest absolute Gasteiger partial charge is 0.481 e. The molecule has 1 aliphatic carbocycles. The number of nitrogens with zero attached hydrogens (tertiary/aromatic N) is 3. The van der Waals surface area contributed by atoms with E-state index in [4.69, 9.17) is 0 Å². The third-order valence-electron chi connectivity index (χ3n) is 6.44. The van der Waals surface area contributed by atoms with Crippen molar-refractivity contribution in [2.45, 2.75) is 58.7 Å².